The van der Waals surface area contributed by atoms with Crippen molar-refractivity contribution in [2.45, 2.75) is 70.5 Å². The van der Waals surface area contributed by atoms with Crippen LogP contribution in [0.4, 0.5) is 0 Å². The Balaban J connectivity index is 1.53. The molecule has 0 radical (unpaired) electrons. The largest absolute Gasteiger partial charge is 0.481 e. The summed E-state index contributed by atoms with van der Waals surface area (Å²) in [6.45, 7) is 3.62. The van der Waals surface area contributed by atoms with E-state index in [9.17, 15) is 24.6 Å². The van der Waals surface area contributed by atoms with Gasteiger partial charge < -0.3 is 20.1 Å². The van der Waals surface area contributed by atoms with Crippen LogP contribution < -0.4 is 0 Å². The molecule has 4 aliphatic carbocycles. The summed E-state index contributed by atoms with van der Waals surface area (Å²) in [5.74, 6) is -1.98. The van der Waals surface area contributed by atoms with Crippen LogP contribution in [0.1, 0.15) is 58.8 Å². The van der Waals surface area contributed by atoms with Crippen molar-refractivity contribution in [3.63, 3.8) is 0 Å². The summed E-state index contributed by atoms with van der Waals surface area (Å²) in [6, 6.07) is 0. The SMILES string of the molecule is C[C@]12C=CC(O)C=C1CCC1C2=CC[C@@]2(C)C1CC[C@]2(O)C(=O)COC(=O)CCC(=O)O. The van der Waals surface area contributed by atoms with Gasteiger partial charge >= 0.3 is 11.9 Å². The fourth-order valence-electron chi connectivity index (χ4n) is 6.66. The molecule has 7 heteroatoms. The number of rotatable bonds is 6. The number of hydrogen-bond acceptors (Lipinski definition) is 6. The number of carboxylic acid groups (broad SMARTS) is 1. The van der Waals surface area contributed by atoms with Gasteiger partial charge in [0.25, 0.3) is 0 Å². The molecule has 0 aromatic carbocycles. The molecule has 2 saturated carbocycles. The summed E-state index contributed by atoms with van der Waals surface area (Å²) < 4.78 is 4.99. The number of fused-ring (bicyclic) bond motifs is 5. The lowest BCUT2D eigenvalue weighted by Gasteiger charge is -2.53. The highest BCUT2D eigenvalue weighted by molar-refractivity contribution is 5.91. The van der Waals surface area contributed by atoms with E-state index in [-0.39, 0.29) is 30.1 Å². The number of aliphatic carboxylic acids is 1. The zero-order chi connectivity index (χ0) is 23.3. The van der Waals surface area contributed by atoms with E-state index in [2.05, 4.69) is 19.1 Å². The van der Waals surface area contributed by atoms with E-state index in [1.165, 1.54) is 11.1 Å². The van der Waals surface area contributed by atoms with Crippen molar-refractivity contribution >= 4 is 17.7 Å². The molecule has 4 rings (SSSR count). The molecule has 0 amide bonds. The molecular formula is C25H32O7. The van der Waals surface area contributed by atoms with E-state index in [4.69, 9.17) is 9.84 Å². The zero-order valence-corrected chi connectivity index (χ0v) is 18.7. The number of aliphatic hydroxyl groups is 2. The molecule has 7 nitrogen and oxygen atoms in total. The maximum absolute atomic E-state index is 13.0. The summed E-state index contributed by atoms with van der Waals surface area (Å²) in [5.41, 5.74) is 0.0888. The second-order valence-corrected chi connectivity index (χ2v) is 10.2. The number of hydrogen-bond donors (Lipinski definition) is 3. The molecule has 0 heterocycles. The smallest absolute Gasteiger partial charge is 0.306 e. The molecule has 174 valence electrons. The lowest BCUT2D eigenvalue weighted by Crippen LogP contribution is -2.55. The van der Waals surface area contributed by atoms with Gasteiger partial charge in [-0.2, -0.15) is 0 Å². The highest BCUT2D eigenvalue weighted by Gasteiger charge is 2.64. The molecule has 0 aliphatic heterocycles. The van der Waals surface area contributed by atoms with Crippen molar-refractivity contribution < 1.29 is 34.4 Å². The number of Topliss-reactive ketones (excluding diaryl/α,β-unsaturated/α-hetero) is 1. The Morgan fingerprint density at radius 3 is 2.66 bits per heavy atom. The standard InChI is InChI=1S/C25H32O7/c1-23-10-7-16(26)13-15(23)3-4-17-18(23)8-11-24(2)19(17)9-12-25(24,31)20(27)14-32-22(30)6-5-21(28)29/h7-8,10,13,16-17,19,26,31H,3-6,9,11-12,14H2,1-2H3,(H,28,29)/t16?,17?,19?,23-,24-,25-/m0/s1. The molecule has 3 N–H and O–H groups in total. The monoisotopic (exact) mass is 444 g/mol. The third-order valence-corrected chi connectivity index (χ3v) is 8.57. The topological polar surface area (TPSA) is 121 Å². The predicted molar refractivity (Wildman–Crippen MR) is 115 cm³/mol. The van der Waals surface area contributed by atoms with Crippen LogP contribution in [0.5, 0.6) is 0 Å². The number of carbonyl (C=O) groups excluding carboxylic acids is 2. The Morgan fingerprint density at radius 2 is 1.94 bits per heavy atom. The second-order valence-electron chi connectivity index (χ2n) is 10.2. The van der Waals surface area contributed by atoms with Crippen molar-refractivity contribution in [2.75, 3.05) is 6.61 Å². The van der Waals surface area contributed by atoms with Crippen LogP contribution in [0.3, 0.4) is 0 Å². The van der Waals surface area contributed by atoms with Gasteiger partial charge in [0.15, 0.2) is 6.61 Å². The van der Waals surface area contributed by atoms with Crippen LogP contribution in [-0.2, 0) is 19.1 Å². The van der Waals surface area contributed by atoms with Crippen LogP contribution in [0, 0.1) is 22.7 Å². The number of ketones is 1. The van der Waals surface area contributed by atoms with Gasteiger partial charge in [-0.05, 0) is 50.9 Å². The van der Waals surface area contributed by atoms with Crippen LogP contribution in [0.25, 0.3) is 0 Å². The predicted octanol–water partition coefficient (Wildman–Crippen LogP) is 2.71. The molecule has 0 aromatic heterocycles. The third-order valence-electron chi connectivity index (χ3n) is 8.57. The van der Waals surface area contributed by atoms with Gasteiger partial charge in [0.1, 0.15) is 5.60 Å². The van der Waals surface area contributed by atoms with E-state index in [1.54, 1.807) is 0 Å². The van der Waals surface area contributed by atoms with E-state index < -0.39 is 41.4 Å². The molecule has 2 fully saturated rings. The Morgan fingerprint density at radius 1 is 1.19 bits per heavy atom. The Bertz CT molecular complexity index is 931. The maximum atomic E-state index is 13.0. The average molecular weight is 445 g/mol. The minimum atomic E-state index is -1.58. The second kappa shape index (κ2) is 7.96. The summed E-state index contributed by atoms with van der Waals surface area (Å²) in [6.07, 6.45) is 10.2. The van der Waals surface area contributed by atoms with Crippen LogP contribution in [-0.4, -0.2) is 51.4 Å². The van der Waals surface area contributed by atoms with Crippen molar-refractivity contribution in [1.29, 1.82) is 0 Å². The van der Waals surface area contributed by atoms with E-state index in [0.717, 1.165) is 19.3 Å². The van der Waals surface area contributed by atoms with Crippen LogP contribution in [0.15, 0.2) is 35.5 Å². The lowest BCUT2D eigenvalue weighted by atomic mass is 9.51. The summed E-state index contributed by atoms with van der Waals surface area (Å²) in [7, 11) is 0. The molecule has 6 atom stereocenters. The first-order valence-corrected chi connectivity index (χ1v) is 11.4. The lowest BCUT2D eigenvalue weighted by molar-refractivity contribution is -0.163. The summed E-state index contributed by atoms with van der Waals surface area (Å²) in [4.78, 5) is 35.4. The van der Waals surface area contributed by atoms with Gasteiger partial charge in [0.2, 0.25) is 5.78 Å². The molecule has 0 bridgehead atoms. The number of carboxylic acids is 1. The highest BCUT2D eigenvalue weighted by atomic mass is 16.5. The third kappa shape index (κ3) is 3.46. The van der Waals surface area contributed by atoms with Crippen LogP contribution >= 0.6 is 0 Å². The quantitative estimate of drug-likeness (QED) is 0.425. The number of ether oxygens (including phenoxy) is 1. The van der Waals surface area contributed by atoms with Gasteiger partial charge in [-0.3, -0.25) is 14.4 Å². The molecule has 0 spiro atoms. The number of esters is 1. The molecule has 3 unspecified atom stereocenters. The first kappa shape index (κ1) is 22.9. The van der Waals surface area contributed by atoms with Crippen molar-refractivity contribution in [3.8, 4) is 0 Å². The van der Waals surface area contributed by atoms with Gasteiger partial charge in [-0.25, -0.2) is 0 Å². The highest BCUT2D eigenvalue weighted by Crippen LogP contribution is 2.65. The molecule has 0 saturated heterocycles. The van der Waals surface area contributed by atoms with Crippen molar-refractivity contribution in [1.82, 2.24) is 0 Å². The number of aliphatic hydroxyl groups excluding tert-OH is 1. The zero-order valence-electron chi connectivity index (χ0n) is 18.7. The van der Waals surface area contributed by atoms with E-state index in [1.807, 2.05) is 19.1 Å². The van der Waals surface area contributed by atoms with E-state index >= 15 is 0 Å². The fraction of sp³-hybridized carbons (Fsp3) is 0.640. The van der Waals surface area contributed by atoms with Crippen molar-refractivity contribution in [3.05, 3.63) is 35.5 Å². The Labute approximate surface area is 187 Å². The summed E-state index contributed by atoms with van der Waals surface area (Å²) >= 11 is 0. The normalized spacial score (nSPS) is 39.8. The van der Waals surface area contributed by atoms with Gasteiger partial charge in [-0.1, -0.05) is 42.4 Å². The molecular weight excluding hydrogens is 412 g/mol. The Hall–Kier alpha value is -2.25. The van der Waals surface area contributed by atoms with E-state index in [0.29, 0.717) is 12.8 Å². The van der Waals surface area contributed by atoms with Gasteiger partial charge in [0.05, 0.1) is 18.9 Å². The maximum Gasteiger partial charge on any atom is 0.306 e. The first-order valence-electron chi connectivity index (χ1n) is 11.4. The van der Waals surface area contributed by atoms with Gasteiger partial charge in [0, 0.05) is 10.8 Å². The molecule has 0 aromatic rings. The Kier molecular flexibility index (Phi) is 5.70. The number of allylic oxidation sites excluding steroid dienone is 4. The van der Waals surface area contributed by atoms with Gasteiger partial charge in [-0.15, -0.1) is 0 Å². The fourth-order valence-corrected chi connectivity index (χ4v) is 6.66. The minimum Gasteiger partial charge on any atom is -0.481 e. The minimum absolute atomic E-state index is 0.137. The average Bonchev–Trinajstić information content (AvgIpc) is 3.03. The summed E-state index contributed by atoms with van der Waals surface area (Å²) in [5, 5.41) is 30.2. The van der Waals surface area contributed by atoms with Crippen LogP contribution in [0.2, 0.25) is 0 Å². The molecule has 32 heavy (non-hydrogen) atoms. The number of carbonyl (C=O) groups is 3. The first-order chi connectivity index (χ1) is 15.0. The van der Waals surface area contributed by atoms with Crippen molar-refractivity contribution in [2.24, 2.45) is 22.7 Å². The molecule has 4 aliphatic rings.